The highest BCUT2D eigenvalue weighted by atomic mass is 16.5. The third kappa shape index (κ3) is 5.03. The third-order valence-electron chi connectivity index (χ3n) is 5.24. The molecule has 2 rings (SSSR count). The Balaban J connectivity index is 2.31. The van der Waals surface area contributed by atoms with Gasteiger partial charge in [-0.25, -0.2) is 4.79 Å². The molecule has 2 aliphatic rings. The molecule has 0 radical (unpaired) electrons. The predicted octanol–water partition coefficient (Wildman–Crippen LogP) is 2.56. The van der Waals surface area contributed by atoms with Crippen LogP contribution in [0.2, 0.25) is 0 Å². The fourth-order valence-corrected chi connectivity index (χ4v) is 3.26. The van der Waals surface area contributed by atoms with Crippen LogP contribution in [0.4, 0.5) is 0 Å². The average Bonchev–Trinajstić information content (AvgIpc) is 2.76. The highest BCUT2D eigenvalue weighted by Crippen LogP contribution is 2.32. The summed E-state index contributed by atoms with van der Waals surface area (Å²) in [5, 5.41) is 31.3. The summed E-state index contributed by atoms with van der Waals surface area (Å²) in [5.41, 5.74) is 0.206. The van der Waals surface area contributed by atoms with Gasteiger partial charge >= 0.3 is 5.97 Å². The zero-order valence-electron chi connectivity index (χ0n) is 15.6. The Labute approximate surface area is 149 Å². The summed E-state index contributed by atoms with van der Waals surface area (Å²) in [6, 6.07) is 0. The number of allylic oxidation sites excluding steroid dienone is 1. The smallest absolute Gasteiger partial charge is 0.334 e. The first-order valence-corrected chi connectivity index (χ1v) is 8.90. The molecule has 3 N–H and O–H groups in total. The predicted molar refractivity (Wildman–Crippen MR) is 95.8 cm³/mol. The highest BCUT2D eigenvalue weighted by molar-refractivity contribution is 5.92. The minimum atomic E-state index is -1.25. The first-order chi connectivity index (χ1) is 11.5. The lowest BCUT2D eigenvalue weighted by Gasteiger charge is -2.29. The molecule has 1 aliphatic heterocycles. The number of carbonyl (C=O) groups excluding carboxylic acids is 1. The van der Waals surface area contributed by atoms with Gasteiger partial charge in [-0.15, -0.1) is 0 Å². The number of hydrogen-bond acceptors (Lipinski definition) is 5. The summed E-state index contributed by atoms with van der Waals surface area (Å²) in [6.45, 7) is 6.99. The molecule has 0 saturated carbocycles. The van der Waals surface area contributed by atoms with E-state index in [1.807, 2.05) is 13.0 Å². The van der Waals surface area contributed by atoms with Crippen molar-refractivity contribution in [3.8, 4) is 0 Å². The monoisotopic (exact) mass is 350 g/mol. The van der Waals surface area contributed by atoms with Gasteiger partial charge in [0.15, 0.2) is 0 Å². The second kappa shape index (κ2) is 7.44. The summed E-state index contributed by atoms with van der Waals surface area (Å²) < 4.78 is 5.44. The molecule has 0 unspecified atom stereocenters. The van der Waals surface area contributed by atoms with E-state index in [1.165, 1.54) is 0 Å². The lowest BCUT2D eigenvalue weighted by Crippen LogP contribution is -2.39. The number of hydrogen-bond donors (Lipinski definition) is 3. The van der Waals surface area contributed by atoms with Gasteiger partial charge in [0.05, 0.1) is 17.3 Å². The quantitative estimate of drug-likeness (QED) is 0.462. The minimum absolute atomic E-state index is 0.263. The molecule has 5 heteroatoms. The second-order valence-corrected chi connectivity index (χ2v) is 7.86. The summed E-state index contributed by atoms with van der Waals surface area (Å²) in [6.07, 6.45) is 6.28. The number of aliphatic hydroxyl groups is 3. The molecule has 0 amide bonds. The van der Waals surface area contributed by atoms with E-state index in [0.29, 0.717) is 31.3 Å². The lowest BCUT2D eigenvalue weighted by atomic mass is 9.87. The average molecular weight is 350 g/mol. The molecule has 1 aliphatic carbocycles. The van der Waals surface area contributed by atoms with E-state index in [1.54, 1.807) is 32.9 Å². The lowest BCUT2D eigenvalue weighted by molar-refractivity contribution is -0.138. The fraction of sp³-hybridized carbons (Fsp3) is 0.650. The minimum Gasteiger partial charge on any atom is -0.450 e. The SMILES string of the molecule is CC1=C2CC[C@@](C)(O)/C=C/C[C@@](C)(O)[C@H](O)CC/C(C)=C/[C@@H]2OC1=O. The number of esters is 1. The molecule has 1 heterocycles. The van der Waals surface area contributed by atoms with E-state index in [4.69, 9.17) is 4.74 Å². The van der Waals surface area contributed by atoms with E-state index >= 15 is 0 Å². The maximum absolute atomic E-state index is 11.9. The van der Waals surface area contributed by atoms with Gasteiger partial charge in [0, 0.05) is 5.57 Å². The molecule has 0 aromatic carbocycles. The largest absolute Gasteiger partial charge is 0.450 e. The second-order valence-electron chi connectivity index (χ2n) is 7.86. The molecule has 25 heavy (non-hydrogen) atoms. The van der Waals surface area contributed by atoms with Gasteiger partial charge in [0.25, 0.3) is 0 Å². The summed E-state index contributed by atoms with van der Waals surface area (Å²) in [5.74, 6) is -0.313. The summed E-state index contributed by atoms with van der Waals surface area (Å²) >= 11 is 0. The molecule has 140 valence electrons. The molecular formula is C20H30O5. The van der Waals surface area contributed by atoms with Crippen molar-refractivity contribution in [3.63, 3.8) is 0 Å². The van der Waals surface area contributed by atoms with Crippen LogP contribution in [0, 0.1) is 0 Å². The molecule has 0 aromatic rings. The maximum Gasteiger partial charge on any atom is 0.334 e. The van der Waals surface area contributed by atoms with Gasteiger partial charge in [-0.05, 0) is 71.4 Å². The van der Waals surface area contributed by atoms with Gasteiger partial charge in [0.1, 0.15) is 6.10 Å². The van der Waals surface area contributed by atoms with E-state index in [-0.39, 0.29) is 12.4 Å². The van der Waals surface area contributed by atoms with Crippen molar-refractivity contribution in [2.24, 2.45) is 0 Å². The number of fused-ring (bicyclic) bond motifs is 1. The molecule has 5 nitrogen and oxygen atoms in total. The van der Waals surface area contributed by atoms with Crippen LogP contribution in [0.1, 0.15) is 59.8 Å². The van der Waals surface area contributed by atoms with Gasteiger partial charge in [-0.2, -0.15) is 0 Å². The van der Waals surface area contributed by atoms with Crippen LogP contribution in [0.3, 0.4) is 0 Å². The van der Waals surface area contributed by atoms with Crippen LogP contribution in [-0.4, -0.2) is 44.7 Å². The number of carbonyl (C=O) groups is 1. The van der Waals surface area contributed by atoms with Crippen molar-refractivity contribution in [3.05, 3.63) is 34.9 Å². The van der Waals surface area contributed by atoms with Crippen molar-refractivity contribution < 1.29 is 24.9 Å². The Kier molecular flexibility index (Phi) is 5.92. The first kappa shape index (κ1) is 19.9. The van der Waals surface area contributed by atoms with E-state index in [2.05, 4.69) is 0 Å². The van der Waals surface area contributed by atoms with Crippen LogP contribution >= 0.6 is 0 Å². The Morgan fingerprint density at radius 2 is 1.88 bits per heavy atom. The van der Waals surface area contributed by atoms with E-state index in [0.717, 1.165) is 11.1 Å². The molecule has 4 atom stereocenters. The van der Waals surface area contributed by atoms with Gasteiger partial charge < -0.3 is 20.1 Å². The van der Waals surface area contributed by atoms with E-state index in [9.17, 15) is 20.1 Å². The Hall–Kier alpha value is -1.43. The summed E-state index contributed by atoms with van der Waals surface area (Å²) in [7, 11) is 0. The molecular weight excluding hydrogens is 320 g/mol. The van der Waals surface area contributed by atoms with Crippen molar-refractivity contribution >= 4 is 5.97 Å². The third-order valence-corrected chi connectivity index (χ3v) is 5.24. The Bertz CT molecular complexity index is 610. The first-order valence-electron chi connectivity index (χ1n) is 8.90. The molecule has 0 spiro atoms. The van der Waals surface area contributed by atoms with Crippen LogP contribution < -0.4 is 0 Å². The fourth-order valence-electron chi connectivity index (χ4n) is 3.26. The van der Waals surface area contributed by atoms with Gasteiger partial charge in [-0.1, -0.05) is 17.7 Å². The zero-order valence-corrected chi connectivity index (χ0v) is 15.6. The standard InChI is InChI=1S/C20H30O5/c1-13-6-7-17(21)20(4,24)10-5-9-19(3,23)11-8-15-14(2)18(22)25-16(15)12-13/h5,9,12,16-17,21,23-24H,6-8,10-11H2,1-4H3/b9-5+,13-12+/t16-,17+,19-,20+/m0/s1. The Morgan fingerprint density at radius 3 is 2.56 bits per heavy atom. The zero-order chi connectivity index (χ0) is 18.8. The van der Waals surface area contributed by atoms with Crippen LogP contribution in [0.5, 0.6) is 0 Å². The maximum atomic E-state index is 11.9. The number of ether oxygens (including phenoxy) is 1. The molecule has 0 saturated heterocycles. The Morgan fingerprint density at radius 1 is 1.20 bits per heavy atom. The van der Waals surface area contributed by atoms with Crippen molar-refractivity contribution in [1.82, 2.24) is 0 Å². The topological polar surface area (TPSA) is 87.0 Å². The van der Waals surface area contributed by atoms with Gasteiger partial charge in [-0.3, -0.25) is 0 Å². The molecule has 0 fully saturated rings. The number of aliphatic hydroxyl groups excluding tert-OH is 1. The van der Waals surface area contributed by atoms with Crippen molar-refractivity contribution in [2.45, 2.75) is 83.2 Å². The van der Waals surface area contributed by atoms with Crippen LogP contribution in [0.15, 0.2) is 34.9 Å². The van der Waals surface area contributed by atoms with Crippen LogP contribution in [-0.2, 0) is 9.53 Å². The van der Waals surface area contributed by atoms with Crippen molar-refractivity contribution in [2.75, 3.05) is 0 Å². The van der Waals surface area contributed by atoms with E-state index < -0.39 is 23.4 Å². The van der Waals surface area contributed by atoms with Crippen molar-refractivity contribution in [1.29, 1.82) is 0 Å². The summed E-state index contributed by atoms with van der Waals surface area (Å²) in [4.78, 5) is 11.9. The molecule has 0 bridgehead atoms. The number of rotatable bonds is 0. The normalized spacial score (nSPS) is 41.4. The highest BCUT2D eigenvalue weighted by Gasteiger charge is 2.33. The van der Waals surface area contributed by atoms with Crippen LogP contribution in [0.25, 0.3) is 0 Å². The molecule has 0 aromatic heterocycles. The van der Waals surface area contributed by atoms with Gasteiger partial charge in [0.2, 0.25) is 0 Å².